The molecule has 3 rings (SSSR count). The SMILES string of the molecule is CC(NC(=O)Cc1cccnc1)c1cn2ccsc2n1. The van der Waals surface area contributed by atoms with Crippen molar-refractivity contribution in [1.29, 1.82) is 0 Å². The van der Waals surface area contributed by atoms with Gasteiger partial charge in [0.1, 0.15) is 0 Å². The van der Waals surface area contributed by atoms with E-state index in [9.17, 15) is 4.79 Å². The lowest BCUT2D eigenvalue weighted by atomic mass is 10.2. The van der Waals surface area contributed by atoms with E-state index in [2.05, 4.69) is 15.3 Å². The van der Waals surface area contributed by atoms with Crippen molar-refractivity contribution < 1.29 is 4.79 Å². The van der Waals surface area contributed by atoms with Crippen LogP contribution in [0.3, 0.4) is 0 Å². The molecule has 1 amide bonds. The number of imidazole rings is 1. The molecule has 6 heteroatoms. The molecule has 102 valence electrons. The Labute approximate surface area is 120 Å². The molecule has 1 N–H and O–H groups in total. The van der Waals surface area contributed by atoms with Gasteiger partial charge in [0.25, 0.3) is 0 Å². The number of thiazole rings is 1. The number of carbonyl (C=O) groups is 1. The van der Waals surface area contributed by atoms with Crippen LogP contribution in [-0.2, 0) is 11.2 Å². The Hall–Kier alpha value is -2.21. The minimum Gasteiger partial charge on any atom is -0.348 e. The van der Waals surface area contributed by atoms with Gasteiger partial charge in [0.2, 0.25) is 5.91 Å². The van der Waals surface area contributed by atoms with Gasteiger partial charge in [0.05, 0.1) is 18.2 Å². The molecule has 5 nitrogen and oxygen atoms in total. The van der Waals surface area contributed by atoms with E-state index in [1.165, 1.54) is 0 Å². The van der Waals surface area contributed by atoms with Crippen LogP contribution in [0.2, 0.25) is 0 Å². The lowest BCUT2D eigenvalue weighted by Gasteiger charge is -2.11. The lowest BCUT2D eigenvalue weighted by molar-refractivity contribution is -0.121. The van der Waals surface area contributed by atoms with Gasteiger partial charge in [-0.15, -0.1) is 11.3 Å². The highest BCUT2D eigenvalue weighted by Crippen LogP contribution is 2.16. The molecule has 0 saturated heterocycles. The third-order valence-electron chi connectivity index (χ3n) is 3.02. The minimum atomic E-state index is -0.105. The average molecular weight is 286 g/mol. The summed E-state index contributed by atoms with van der Waals surface area (Å²) in [4.78, 5) is 21.4. The summed E-state index contributed by atoms with van der Waals surface area (Å²) in [6, 6.07) is 3.62. The molecule has 0 aromatic carbocycles. The summed E-state index contributed by atoms with van der Waals surface area (Å²) >= 11 is 1.58. The highest BCUT2D eigenvalue weighted by Gasteiger charge is 2.13. The Morgan fingerprint density at radius 1 is 1.55 bits per heavy atom. The zero-order chi connectivity index (χ0) is 13.9. The van der Waals surface area contributed by atoms with Gasteiger partial charge in [-0.1, -0.05) is 6.07 Å². The van der Waals surface area contributed by atoms with Gasteiger partial charge in [0.15, 0.2) is 4.96 Å². The molecule has 0 aliphatic rings. The standard InChI is InChI=1S/C14H14N4OS/c1-10(12-9-18-5-6-20-14(18)17-12)16-13(19)7-11-3-2-4-15-8-11/h2-6,8-10H,7H2,1H3,(H,16,19). The van der Waals surface area contributed by atoms with E-state index in [0.29, 0.717) is 6.42 Å². The summed E-state index contributed by atoms with van der Waals surface area (Å²) in [6.07, 6.45) is 7.64. The molecule has 3 aromatic heterocycles. The molecule has 3 heterocycles. The number of rotatable bonds is 4. The van der Waals surface area contributed by atoms with Gasteiger partial charge in [-0.3, -0.25) is 14.2 Å². The Morgan fingerprint density at radius 2 is 2.45 bits per heavy atom. The van der Waals surface area contributed by atoms with E-state index in [-0.39, 0.29) is 11.9 Å². The predicted octanol–water partition coefficient (Wildman–Crippen LogP) is 2.21. The minimum absolute atomic E-state index is 0.0261. The Kier molecular flexibility index (Phi) is 3.47. The molecule has 0 radical (unpaired) electrons. The summed E-state index contributed by atoms with van der Waals surface area (Å²) in [6.45, 7) is 1.94. The summed E-state index contributed by atoms with van der Waals surface area (Å²) < 4.78 is 1.96. The Morgan fingerprint density at radius 3 is 3.20 bits per heavy atom. The van der Waals surface area contributed by atoms with Crippen LogP contribution in [0, 0.1) is 0 Å². The van der Waals surface area contributed by atoms with Gasteiger partial charge < -0.3 is 5.32 Å². The fraction of sp³-hybridized carbons (Fsp3) is 0.214. The van der Waals surface area contributed by atoms with E-state index in [0.717, 1.165) is 16.2 Å². The molecule has 0 aliphatic heterocycles. The number of carbonyl (C=O) groups excluding carboxylic acids is 1. The molecule has 0 fully saturated rings. The van der Waals surface area contributed by atoms with Crippen molar-refractivity contribution in [3.8, 4) is 0 Å². The molecular formula is C14H14N4OS. The largest absolute Gasteiger partial charge is 0.348 e. The van der Waals surface area contributed by atoms with E-state index in [1.807, 2.05) is 41.2 Å². The maximum atomic E-state index is 12.0. The quantitative estimate of drug-likeness (QED) is 0.800. The lowest BCUT2D eigenvalue weighted by Crippen LogP contribution is -2.28. The maximum Gasteiger partial charge on any atom is 0.225 e. The van der Waals surface area contributed by atoms with Crippen molar-refractivity contribution in [2.24, 2.45) is 0 Å². The number of fused-ring (bicyclic) bond motifs is 1. The molecule has 1 atom stereocenters. The van der Waals surface area contributed by atoms with E-state index >= 15 is 0 Å². The van der Waals surface area contributed by atoms with Gasteiger partial charge in [0, 0.05) is 30.2 Å². The van der Waals surface area contributed by atoms with Crippen LogP contribution in [0.5, 0.6) is 0 Å². The Balaban J connectivity index is 1.65. The van der Waals surface area contributed by atoms with Crippen LogP contribution in [0.15, 0.2) is 42.3 Å². The molecule has 0 bridgehead atoms. The molecule has 1 unspecified atom stereocenters. The van der Waals surface area contributed by atoms with Crippen molar-refractivity contribution >= 4 is 22.2 Å². The topological polar surface area (TPSA) is 59.3 Å². The fourth-order valence-electron chi connectivity index (χ4n) is 2.01. The smallest absolute Gasteiger partial charge is 0.225 e. The summed E-state index contributed by atoms with van der Waals surface area (Å²) in [5.74, 6) is -0.0261. The molecular weight excluding hydrogens is 272 g/mol. The molecule has 20 heavy (non-hydrogen) atoms. The number of aromatic nitrogens is 3. The molecule has 0 spiro atoms. The number of hydrogen-bond donors (Lipinski definition) is 1. The summed E-state index contributed by atoms with van der Waals surface area (Å²) in [7, 11) is 0. The molecule has 0 saturated carbocycles. The molecule has 3 aromatic rings. The Bertz CT molecular complexity index is 690. The van der Waals surface area contributed by atoms with Gasteiger partial charge in [-0.05, 0) is 18.6 Å². The van der Waals surface area contributed by atoms with E-state index in [4.69, 9.17) is 0 Å². The highest BCUT2D eigenvalue weighted by molar-refractivity contribution is 7.15. The van der Waals surface area contributed by atoms with Gasteiger partial charge in [-0.2, -0.15) is 0 Å². The van der Waals surface area contributed by atoms with Crippen LogP contribution in [0.25, 0.3) is 4.96 Å². The van der Waals surface area contributed by atoms with E-state index in [1.54, 1.807) is 23.7 Å². The third-order valence-corrected chi connectivity index (χ3v) is 3.79. The number of pyridine rings is 1. The second-order valence-electron chi connectivity index (χ2n) is 4.59. The van der Waals surface area contributed by atoms with Gasteiger partial charge >= 0.3 is 0 Å². The van der Waals surface area contributed by atoms with Crippen molar-refractivity contribution in [3.05, 3.63) is 53.6 Å². The number of hydrogen-bond acceptors (Lipinski definition) is 4. The third kappa shape index (κ3) is 2.70. The maximum absolute atomic E-state index is 12.0. The zero-order valence-corrected chi connectivity index (χ0v) is 11.8. The first-order valence-corrected chi connectivity index (χ1v) is 7.21. The second kappa shape index (κ2) is 5.42. The summed E-state index contributed by atoms with van der Waals surface area (Å²) in [5, 5.41) is 4.94. The monoisotopic (exact) mass is 286 g/mol. The van der Waals surface area contributed by atoms with Crippen molar-refractivity contribution in [3.63, 3.8) is 0 Å². The van der Waals surface area contributed by atoms with Crippen LogP contribution in [-0.4, -0.2) is 20.3 Å². The van der Waals surface area contributed by atoms with Crippen molar-refractivity contribution in [2.75, 3.05) is 0 Å². The van der Waals surface area contributed by atoms with Crippen LogP contribution < -0.4 is 5.32 Å². The first kappa shape index (κ1) is 12.8. The first-order chi connectivity index (χ1) is 9.72. The highest BCUT2D eigenvalue weighted by atomic mass is 32.1. The predicted molar refractivity (Wildman–Crippen MR) is 77.6 cm³/mol. The summed E-state index contributed by atoms with van der Waals surface area (Å²) in [5.41, 5.74) is 1.78. The van der Waals surface area contributed by atoms with Crippen LogP contribution in [0.4, 0.5) is 0 Å². The van der Waals surface area contributed by atoms with Crippen molar-refractivity contribution in [1.82, 2.24) is 19.7 Å². The van der Waals surface area contributed by atoms with Crippen LogP contribution in [0.1, 0.15) is 24.2 Å². The fourth-order valence-corrected chi connectivity index (χ4v) is 2.72. The zero-order valence-electron chi connectivity index (χ0n) is 11.0. The number of amides is 1. The van der Waals surface area contributed by atoms with Crippen LogP contribution >= 0.6 is 11.3 Å². The number of nitrogens with one attached hydrogen (secondary N) is 1. The average Bonchev–Trinajstić information content (AvgIpc) is 3.00. The number of nitrogens with zero attached hydrogens (tertiary/aromatic N) is 3. The van der Waals surface area contributed by atoms with Gasteiger partial charge in [-0.25, -0.2) is 4.98 Å². The van der Waals surface area contributed by atoms with Crippen molar-refractivity contribution in [2.45, 2.75) is 19.4 Å². The first-order valence-electron chi connectivity index (χ1n) is 6.33. The molecule has 0 aliphatic carbocycles. The van der Waals surface area contributed by atoms with E-state index < -0.39 is 0 Å². The second-order valence-corrected chi connectivity index (χ2v) is 5.46. The normalized spacial score (nSPS) is 12.4.